The van der Waals surface area contributed by atoms with Gasteiger partial charge in [0.15, 0.2) is 5.41 Å². The monoisotopic (exact) mass is 266 g/mol. The van der Waals surface area contributed by atoms with Crippen molar-refractivity contribution in [2.24, 2.45) is 16.7 Å². The summed E-state index contributed by atoms with van der Waals surface area (Å²) in [6.45, 7) is 4.93. The molecule has 0 bridgehead atoms. The molecule has 2 saturated heterocycles. The van der Waals surface area contributed by atoms with E-state index in [1.165, 1.54) is 0 Å². The number of hydrogen-bond acceptors (Lipinski definition) is 5. The first-order valence-corrected chi connectivity index (χ1v) is 5.84. The minimum Gasteiger partial charge on any atom is -0.299 e. The molecular weight excluding hydrogens is 252 g/mol. The molecule has 2 rings (SSSR count). The van der Waals surface area contributed by atoms with Gasteiger partial charge in [-0.05, 0) is 0 Å². The number of hydrogen-bond donors (Lipinski definition) is 2. The summed E-state index contributed by atoms with van der Waals surface area (Å²) in [4.78, 5) is 59.1. The van der Waals surface area contributed by atoms with Crippen LogP contribution in [0.3, 0.4) is 0 Å². The molecule has 2 N–H and O–H groups in total. The lowest BCUT2D eigenvalue weighted by molar-refractivity contribution is -0.145. The van der Waals surface area contributed by atoms with Gasteiger partial charge in [0.25, 0.3) is 0 Å². The summed E-state index contributed by atoms with van der Waals surface area (Å²) in [6, 6.07) is 0. The number of ketones is 1. The minimum atomic E-state index is -1.90. The Morgan fingerprint density at radius 1 is 1.05 bits per heavy atom. The standard InChI is InChI=1S/C12H14N2O5/c1-11(2,3)5(15)4-12-6(7(16)13-9(12)18)8(17)14-10(12)19/h6H,4H2,1-3H3,(H,13,16,18)(H,14,17,19). The molecule has 0 spiro atoms. The van der Waals surface area contributed by atoms with E-state index < -0.39 is 46.8 Å². The lowest BCUT2D eigenvalue weighted by Gasteiger charge is -2.24. The fraction of sp³-hybridized carbons (Fsp3) is 0.583. The molecule has 19 heavy (non-hydrogen) atoms. The third-order valence-electron chi connectivity index (χ3n) is 3.58. The van der Waals surface area contributed by atoms with Crippen molar-refractivity contribution in [2.75, 3.05) is 0 Å². The van der Waals surface area contributed by atoms with Gasteiger partial charge in [-0.2, -0.15) is 0 Å². The second kappa shape index (κ2) is 3.72. The van der Waals surface area contributed by atoms with Gasteiger partial charge in [0.1, 0.15) is 11.7 Å². The number of carbonyl (C=O) groups excluding carboxylic acids is 5. The maximum absolute atomic E-state index is 12.1. The van der Waals surface area contributed by atoms with E-state index in [0.717, 1.165) is 0 Å². The molecule has 0 aliphatic carbocycles. The van der Waals surface area contributed by atoms with Crippen molar-refractivity contribution in [2.45, 2.75) is 27.2 Å². The van der Waals surface area contributed by atoms with Crippen molar-refractivity contribution in [3.05, 3.63) is 0 Å². The van der Waals surface area contributed by atoms with Crippen molar-refractivity contribution in [1.29, 1.82) is 0 Å². The first-order chi connectivity index (χ1) is 8.60. The van der Waals surface area contributed by atoms with Gasteiger partial charge in [-0.3, -0.25) is 34.6 Å². The molecule has 7 heteroatoms. The highest BCUT2D eigenvalue weighted by molar-refractivity contribution is 6.32. The molecule has 7 nitrogen and oxygen atoms in total. The van der Waals surface area contributed by atoms with E-state index >= 15 is 0 Å². The third kappa shape index (κ3) is 1.68. The minimum absolute atomic E-state index is 0.354. The molecule has 2 heterocycles. The molecule has 0 unspecified atom stereocenters. The Labute approximate surface area is 109 Å². The SMILES string of the molecule is CC(C)(C)C(=O)CC12C(=O)NC(=O)C1C(=O)NC2=O. The maximum Gasteiger partial charge on any atom is 0.244 e. The van der Waals surface area contributed by atoms with Crippen LogP contribution in [0, 0.1) is 16.7 Å². The van der Waals surface area contributed by atoms with Crippen molar-refractivity contribution in [3.63, 3.8) is 0 Å². The molecule has 2 fully saturated rings. The Bertz CT molecular complexity index is 499. The molecule has 102 valence electrons. The second-order valence-corrected chi connectivity index (χ2v) is 5.89. The first-order valence-electron chi connectivity index (χ1n) is 5.84. The van der Waals surface area contributed by atoms with E-state index in [2.05, 4.69) is 0 Å². The molecule has 0 aromatic heterocycles. The highest BCUT2D eigenvalue weighted by Gasteiger charge is 2.68. The van der Waals surface area contributed by atoms with E-state index in [-0.39, 0.29) is 5.78 Å². The van der Waals surface area contributed by atoms with Crippen LogP contribution in [0.1, 0.15) is 27.2 Å². The van der Waals surface area contributed by atoms with E-state index in [9.17, 15) is 24.0 Å². The average Bonchev–Trinajstić information content (AvgIpc) is 2.63. The van der Waals surface area contributed by atoms with Crippen LogP contribution in [0.15, 0.2) is 0 Å². The third-order valence-corrected chi connectivity index (χ3v) is 3.58. The van der Waals surface area contributed by atoms with Gasteiger partial charge in [0.05, 0.1) is 0 Å². The quantitative estimate of drug-likeness (QED) is 0.487. The Balaban J connectivity index is 2.46. The van der Waals surface area contributed by atoms with Crippen LogP contribution in [0.4, 0.5) is 0 Å². The molecule has 2 aliphatic rings. The van der Waals surface area contributed by atoms with Gasteiger partial charge in [-0.25, -0.2) is 0 Å². The fourth-order valence-electron chi connectivity index (χ4n) is 2.30. The predicted molar refractivity (Wildman–Crippen MR) is 61.3 cm³/mol. The molecule has 2 aliphatic heterocycles. The van der Waals surface area contributed by atoms with Gasteiger partial charge in [-0.15, -0.1) is 0 Å². The van der Waals surface area contributed by atoms with Gasteiger partial charge in [0, 0.05) is 11.8 Å². The van der Waals surface area contributed by atoms with Crippen molar-refractivity contribution >= 4 is 29.4 Å². The number of Topliss-reactive ketones (excluding diaryl/α,β-unsaturated/α-hetero) is 1. The molecule has 0 aromatic rings. The van der Waals surface area contributed by atoms with Crippen molar-refractivity contribution in [3.8, 4) is 0 Å². The number of amides is 4. The highest BCUT2D eigenvalue weighted by Crippen LogP contribution is 2.43. The van der Waals surface area contributed by atoms with E-state index in [1.807, 2.05) is 10.6 Å². The van der Waals surface area contributed by atoms with Crippen LogP contribution in [0.5, 0.6) is 0 Å². The zero-order valence-corrected chi connectivity index (χ0v) is 10.8. The largest absolute Gasteiger partial charge is 0.299 e. The number of fused-ring (bicyclic) bond motifs is 1. The summed E-state index contributed by atoms with van der Waals surface area (Å²) in [7, 11) is 0. The van der Waals surface area contributed by atoms with E-state index in [0.29, 0.717) is 0 Å². The normalized spacial score (nSPS) is 30.2. The van der Waals surface area contributed by atoms with Crippen LogP contribution in [-0.4, -0.2) is 29.4 Å². The van der Waals surface area contributed by atoms with Gasteiger partial charge >= 0.3 is 0 Å². The summed E-state index contributed by atoms with van der Waals surface area (Å²) >= 11 is 0. The number of nitrogens with one attached hydrogen (secondary N) is 2. The lowest BCUT2D eigenvalue weighted by atomic mass is 9.71. The van der Waals surface area contributed by atoms with Crippen molar-refractivity contribution in [1.82, 2.24) is 10.6 Å². The van der Waals surface area contributed by atoms with E-state index in [1.54, 1.807) is 20.8 Å². The first kappa shape index (κ1) is 13.4. The summed E-state index contributed by atoms with van der Waals surface area (Å²) in [6.07, 6.45) is -0.448. The van der Waals surface area contributed by atoms with Gasteiger partial charge in [0.2, 0.25) is 23.6 Å². The Morgan fingerprint density at radius 3 is 1.84 bits per heavy atom. The van der Waals surface area contributed by atoms with Crippen LogP contribution in [0.25, 0.3) is 0 Å². The summed E-state index contributed by atoms with van der Waals surface area (Å²) in [5.41, 5.74) is -2.67. The summed E-state index contributed by atoms with van der Waals surface area (Å²) < 4.78 is 0. The summed E-state index contributed by atoms with van der Waals surface area (Å²) in [5, 5.41) is 3.93. The van der Waals surface area contributed by atoms with Crippen LogP contribution in [-0.2, 0) is 24.0 Å². The molecule has 0 saturated carbocycles. The number of imide groups is 2. The van der Waals surface area contributed by atoms with E-state index in [4.69, 9.17) is 0 Å². The zero-order valence-electron chi connectivity index (χ0n) is 10.8. The van der Waals surface area contributed by atoms with Crippen LogP contribution in [0.2, 0.25) is 0 Å². The smallest absolute Gasteiger partial charge is 0.244 e. The maximum atomic E-state index is 12.1. The molecule has 0 radical (unpaired) electrons. The molecule has 4 amide bonds. The molecule has 0 atom stereocenters. The van der Waals surface area contributed by atoms with Crippen LogP contribution < -0.4 is 10.6 Å². The molecular formula is C12H14N2O5. The van der Waals surface area contributed by atoms with Crippen LogP contribution >= 0.6 is 0 Å². The molecule has 0 aromatic carbocycles. The average molecular weight is 266 g/mol. The Hall–Kier alpha value is -2.05. The van der Waals surface area contributed by atoms with Gasteiger partial charge in [-0.1, -0.05) is 20.8 Å². The van der Waals surface area contributed by atoms with Gasteiger partial charge < -0.3 is 0 Å². The number of carbonyl (C=O) groups is 5. The zero-order chi connectivity index (χ0) is 14.6. The Kier molecular flexibility index (Phi) is 2.62. The van der Waals surface area contributed by atoms with Crippen molar-refractivity contribution < 1.29 is 24.0 Å². The predicted octanol–water partition coefficient (Wildman–Crippen LogP) is -1.09. The fourth-order valence-corrected chi connectivity index (χ4v) is 2.30. The summed E-state index contributed by atoms with van der Waals surface area (Å²) in [5.74, 6) is -5.18. The highest BCUT2D eigenvalue weighted by atomic mass is 16.2. The number of rotatable bonds is 2. The Morgan fingerprint density at radius 2 is 1.47 bits per heavy atom. The lowest BCUT2D eigenvalue weighted by Crippen LogP contribution is -2.44. The second-order valence-electron chi connectivity index (χ2n) is 5.89. The topological polar surface area (TPSA) is 109 Å².